The Hall–Kier alpha value is -3.00. The summed E-state index contributed by atoms with van der Waals surface area (Å²) in [4.78, 5) is 12.2. The molecule has 2 aromatic rings. The van der Waals surface area contributed by atoms with Crippen molar-refractivity contribution in [1.82, 2.24) is 0 Å². The summed E-state index contributed by atoms with van der Waals surface area (Å²) in [5, 5.41) is 11.5. The van der Waals surface area contributed by atoms with E-state index in [-0.39, 0.29) is 5.91 Å². The van der Waals surface area contributed by atoms with Crippen LogP contribution in [0.25, 0.3) is 0 Å². The molecule has 0 saturated carbocycles. The molecule has 1 amide bonds. The molecule has 0 aliphatic rings. The van der Waals surface area contributed by atoms with E-state index >= 15 is 0 Å². The first kappa shape index (κ1) is 17.4. The molecule has 2 rings (SSSR count). The van der Waals surface area contributed by atoms with Gasteiger partial charge in [0.15, 0.2) is 0 Å². The van der Waals surface area contributed by atoms with Crippen LogP contribution in [0.4, 0.5) is 5.69 Å². The van der Waals surface area contributed by atoms with Crippen molar-refractivity contribution in [3.05, 3.63) is 53.6 Å². The minimum Gasteiger partial charge on any atom is -0.496 e. The quantitative estimate of drug-likeness (QED) is 0.848. The van der Waals surface area contributed by atoms with Gasteiger partial charge < -0.3 is 14.8 Å². The summed E-state index contributed by atoms with van der Waals surface area (Å²) in [6, 6.07) is 14.9. The van der Waals surface area contributed by atoms with Crippen molar-refractivity contribution in [2.24, 2.45) is 0 Å². The summed E-state index contributed by atoms with van der Waals surface area (Å²) in [7, 11) is 3.20. The molecular formula is C19H20N2O3. The van der Waals surface area contributed by atoms with E-state index in [2.05, 4.69) is 11.4 Å². The molecule has 0 unspecified atom stereocenters. The molecule has 0 heterocycles. The molecule has 0 fully saturated rings. The van der Waals surface area contributed by atoms with Gasteiger partial charge in [0, 0.05) is 17.7 Å². The number of ether oxygens (including phenoxy) is 2. The fourth-order valence-electron chi connectivity index (χ4n) is 2.43. The lowest BCUT2D eigenvalue weighted by molar-refractivity contribution is -0.116. The van der Waals surface area contributed by atoms with Crippen molar-refractivity contribution in [2.45, 2.75) is 19.3 Å². The molecule has 124 valence electrons. The van der Waals surface area contributed by atoms with Gasteiger partial charge in [-0.25, -0.2) is 0 Å². The third-order valence-corrected chi connectivity index (χ3v) is 3.65. The van der Waals surface area contributed by atoms with Gasteiger partial charge >= 0.3 is 0 Å². The van der Waals surface area contributed by atoms with Crippen LogP contribution in [0.5, 0.6) is 11.5 Å². The van der Waals surface area contributed by atoms with E-state index in [0.29, 0.717) is 36.4 Å². The molecule has 0 aromatic heterocycles. The zero-order valence-electron chi connectivity index (χ0n) is 13.8. The van der Waals surface area contributed by atoms with Gasteiger partial charge in [-0.2, -0.15) is 5.26 Å². The number of hydrogen-bond donors (Lipinski definition) is 1. The van der Waals surface area contributed by atoms with Gasteiger partial charge in [0.25, 0.3) is 0 Å². The summed E-state index contributed by atoms with van der Waals surface area (Å²) in [6.07, 6.45) is 1.20. The second-order valence-electron chi connectivity index (χ2n) is 5.22. The van der Waals surface area contributed by atoms with Crippen LogP contribution in [0.1, 0.15) is 17.5 Å². The highest BCUT2D eigenvalue weighted by Gasteiger charge is 2.12. The van der Waals surface area contributed by atoms with Crippen LogP contribution in [0, 0.1) is 11.3 Å². The fourth-order valence-corrected chi connectivity index (χ4v) is 2.43. The molecule has 0 bridgehead atoms. The van der Waals surface area contributed by atoms with Gasteiger partial charge in [0.05, 0.1) is 26.7 Å². The van der Waals surface area contributed by atoms with Gasteiger partial charge in [-0.15, -0.1) is 0 Å². The van der Waals surface area contributed by atoms with Crippen molar-refractivity contribution in [3.63, 3.8) is 0 Å². The minimum atomic E-state index is -0.0870. The summed E-state index contributed by atoms with van der Waals surface area (Å²) in [5.74, 6) is 1.34. The second-order valence-corrected chi connectivity index (χ2v) is 5.22. The van der Waals surface area contributed by atoms with Crippen LogP contribution in [0.15, 0.2) is 42.5 Å². The third kappa shape index (κ3) is 4.50. The van der Waals surface area contributed by atoms with Crippen LogP contribution in [-0.4, -0.2) is 20.1 Å². The van der Waals surface area contributed by atoms with E-state index in [1.54, 1.807) is 26.4 Å². The van der Waals surface area contributed by atoms with Crippen LogP contribution in [0.3, 0.4) is 0 Å². The molecular weight excluding hydrogens is 304 g/mol. The number of carbonyl (C=O) groups excluding carboxylic acids is 1. The number of nitrogens with one attached hydrogen (secondary N) is 1. The Morgan fingerprint density at radius 2 is 1.71 bits per heavy atom. The van der Waals surface area contributed by atoms with Gasteiger partial charge in [-0.1, -0.05) is 18.2 Å². The largest absolute Gasteiger partial charge is 0.496 e. The fraction of sp³-hybridized carbons (Fsp3) is 0.263. The average Bonchev–Trinajstić information content (AvgIpc) is 2.61. The lowest BCUT2D eigenvalue weighted by Crippen LogP contribution is -2.13. The lowest BCUT2D eigenvalue weighted by Gasteiger charge is -2.13. The Morgan fingerprint density at radius 1 is 1.08 bits per heavy atom. The van der Waals surface area contributed by atoms with Crippen LogP contribution in [-0.2, 0) is 17.6 Å². The van der Waals surface area contributed by atoms with E-state index < -0.39 is 0 Å². The van der Waals surface area contributed by atoms with E-state index in [4.69, 9.17) is 14.7 Å². The Balaban J connectivity index is 1.97. The van der Waals surface area contributed by atoms with Gasteiger partial charge in [0.2, 0.25) is 5.91 Å². The molecule has 0 radical (unpaired) electrons. The zero-order chi connectivity index (χ0) is 17.4. The van der Waals surface area contributed by atoms with Crippen molar-refractivity contribution < 1.29 is 14.3 Å². The maximum absolute atomic E-state index is 12.2. The molecule has 0 saturated heterocycles. The van der Waals surface area contributed by atoms with E-state index in [1.807, 2.05) is 30.3 Å². The topological polar surface area (TPSA) is 71.3 Å². The molecule has 1 N–H and O–H groups in total. The first-order valence-corrected chi connectivity index (χ1v) is 7.63. The maximum atomic E-state index is 12.2. The molecule has 5 nitrogen and oxygen atoms in total. The first-order chi connectivity index (χ1) is 11.7. The number of hydrogen-bond acceptors (Lipinski definition) is 4. The number of anilines is 1. The summed E-state index contributed by atoms with van der Waals surface area (Å²) in [5.41, 5.74) is 2.52. The molecule has 0 spiro atoms. The van der Waals surface area contributed by atoms with E-state index in [0.717, 1.165) is 11.1 Å². The summed E-state index contributed by atoms with van der Waals surface area (Å²) >= 11 is 0. The predicted molar refractivity (Wildman–Crippen MR) is 92.3 cm³/mol. The van der Waals surface area contributed by atoms with Crippen molar-refractivity contribution in [2.75, 3.05) is 19.5 Å². The maximum Gasteiger partial charge on any atom is 0.224 e. The summed E-state index contributed by atoms with van der Waals surface area (Å²) < 4.78 is 10.7. The standard InChI is InChI=1S/C19H20N2O3/c1-23-17-4-3-5-18(24-2)16(17)10-11-19(22)21-15-8-6-14(7-9-15)12-13-20/h3-9H,10-12H2,1-2H3,(H,21,22). The summed E-state index contributed by atoms with van der Waals surface area (Å²) in [6.45, 7) is 0. The lowest BCUT2D eigenvalue weighted by atomic mass is 10.1. The molecule has 0 aliphatic heterocycles. The van der Waals surface area contributed by atoms with Gasteiger partial charge in [0.1, 0.15) is 11.5 Å². The molecule has 0 aliphatic carbocycles. The van der Waals surface area contributed by atoms with Gasteiger partial charge in [-0.05, 0) is 36.2 Å². The van der Waals surface area contributed by atoms with Crippen LogP contribution >= 0.6 is 0 Å². The van der Waals surface area contributed by atoms with E-state index in [9.17, 15) is 4.79 Å². The monoisotopic (exact) mass is 324 g/mol. The minimum absolute atomic E-state index is 0.0870. The van der Waals surface area contributed by atoms with Gasteiger partial charge in [-0.3, -0.25) is 4.79 Å². The zero-order valence-corrected chi connectivity index (χ0v) is 13.8. The van der Waals surface area contributed by atoms with Crippen molar-refractivity contribution in [3.8, 4) is 17.6 Å². The second kappa shape index (κ2) is 8.59. The highest BCUT2D eigenvalue weighted by atomic mass is 16.5. The van der Waals surface area contributed by atoms with Crippen LogP contribution in [0.2, 0.25) is 0 Å². The Bertz CT molecular complexity index is 711. The number of rotatable bonds is 7. The number of carbonyl (C=O) groups is 1. The Labute approximate surface area is 141 Å². The third-order valence-electron chi connectivity index (χ3n) is 3.65. The average molecular weight is 324 g/mol. The van der Waals surface area contributed by atoms with Crippen molar-refractivity contribution >= 4 is 11.6 Å². The number of nitriles is 1. The SMILES string of the molecule is COc1cccc(OC)c1CCC(=O)Nc1ccc(CC#N)cc1. The highest BCUT2D eigenvalue weighted by molar-refractivity contribution is 5.90. The molecule has 2 aromatic carbocycles. The highest BCUT2D eigenvalue weighted by Crippen LogP contribution is 2.29. The predicted octanol–water partition coefficient (Wildman–Crippen LogP) is 3.34. The Kier molecular flexibility index (Phi) is 6.21. The molecule has 5 heteroatoms. The van der Waals surface area contributed by atoms with E-state index in [1.165, 1.54) is 0 Å². The van der Waals surface area contributed by atoms with Crippen LogP contribution < -0.4 is 14.8 Å². The number of amides is 1. The smallest absolute Gasteiger partial charge is 0.224 e. The molecule has 0 atom stereocenters. The number of methoxy groups -OCH3 is 2. The van der Waals surface area contributed by atoms with Crippen molar-refractivity contribution in [1.29, 1.82) is 5.26 Å². The molecule has 24 heavy (non-hydrogen) atoms. The Morgan fingerprint density at radius 3 is 2.25 bits per heavy atom. The number of benzene rings is 2. The first-order valence-electron chi connectivity index (χ1n) is 7.63. The number of nitrogens with zero attached hydrogens (tertiary/aromatic N) is 1. The normalized spacial score (nSPS) is 9.88.